The van der Waals surface area contributed by atoms with Crippen molar-refractivity contribution in [2.75, 3.05) is 31.7 Å². The molecule has 1 aliphatic rings. The first kappa shape index (κ1) is 11.4. The monoisotopic (exact) mass is 221 g/mol. The summed E-state index contributed by atoms with van der Waals surface area (Å²) in [6.07, 6.45) is 2.46. The molecule has 0 radical (unpaired) electrons. The van der Waals surface area contributed by atoms with Crippen molar-refractivity contribution < 1.29 is 9.47 Å². The average molecular weight is 221 g/mol. The first-order chi connectivity index (χ1) is 7.95. The van der Waals surface area contributed by atoms with Crippen molar-refractivity contribution in [3.63, 3.8) is 0 Å². The SMILES string of the molecule is c1ccc(NCCOC2CCOCC2)cc1. The number of rotatable bonds is 5. The Morgan fingerprint density at radius 2 is 1.94 bits per heavy atom. The molecule has 1 aromatic rings. The van der Waals surface area contributed by atoms with Gasteiger partial charge in [0, 0.05) is 25.4 Å². The summed E-state index contributed by atoms with van der Waals surface area (Å²) in [4.78, 5) is 0. The van der Waals surface area contributed by atoms with Crippen LogP contribution in [0.4, 0.5) is 5.69 Å². The van der Waals surface area contributed by atoms with Gasteiger partial charge < -0.3 is 14.8 Å². The molecule has 1 aromatic carbocycles. The lowest BCUT2D eigenvalue weighted by atomic mass is 10.2. The predicted octanol–water partition coefficient (Wildman–Crippen LogP) is 2.29. The Balaban J connectivity index is 1.58. The van der Waals surface area contributed by atoms with E-state index < -0.39 is 0 Å². The number of benzene rings is 1. The van der Waals surface area contributed by atoms with E-state index in [-0.39, 0.29) is 0 Å². The topological polar surface area (TPSA) is 30.5 Å². The van der Waals surface area contributed by atoms with E-state index in [1.165, 1.54) is 0 Å². The molecule has 0 aliphatic carbocycles. The van der Waals surface area contributed by atoms with E-state index in [1.54, 1.807) is 0 Å². The van der Waals surface area contributed by atoms with Crippen molar-refractivity contribution in [2.45, 2.75) is 18.9 Å². The van der Waals surface area contributed by atoms with Gasteiger partial charge in [0.15, 0.2) is 0 Å². The minimum atomic E-state index is 0.395. The molecule has 0 aromatic heterocycles. The second-order valence-electron chi connectivity index (χ2n) is 3.98. The normalized spacial score (nSPS) is 17.2. The molecule has 0 bridgehead atoms. The Hall–Kier alpha value is -1.06. The van der Waals surface area contributed by atoms with Crippen LogP contribution in [0.15, 0.2) is 30.3 Å². The molecule has 1 N–H and O–H groups in total. The van der Waals surface area contributed by atoms with E-state index >= 15 is 0 Å². The van der Waals surface area contributed by atoms with Crippen molar-refractivity contribution >= 4 is 5.69 Å². The van der Waals surface area contributed by atoms with E-state index in [4.69, 9.17) is 9.47 Å². The molecule has 1 aliphatic heterocycles. The summed E-state index contributed by atoms with van der Waals surface area (Å²) in [5.41, 5.74) is 1.15. The van der Waals surface area contributed by atoms with Crippen LogP contribution in [0.1, 0.15) is 12.8 Å². The van der Waals surface area contributed by atoms with E-state index in [0.29, 0.717) is 6.10 Å². The lowest BCUT2D eigenvalue weighted by Gasteiger charge is -2.22. The first-order valence-electron chi connectivity index (χ1n) is 5.93. The maximum absolute atomic E-state index is 5.76. The minimum absolute atomic E-state index is 0.395. The third-order valence-electron chi connectivity index (χ3n) is 2.73. The second-order valence-corrected chi connectivity index (χ2v) is 3.98. The van der Waals surface area contributed by atoms with Crippen LogP contribution >= 0.6 is 0 Å². The number of para-hydroxylation sites is 1. The first-order valence-corrected chi connectivity index (χ1v) is 5.93. The molecular weight excluding hydrogens is 202 g/mol. The third kappa shape index (κ3) is 3.83. The van der Waals surface area contributed by atoms with Gasteiger partial charge in [0.1, 0.15) is 0 Å². The summed E-state index contributed by atoms with van der Waals surface area (Å²) < 4.78 is 11.0. The van der Waals surface area contributed by atoms with Crippen molar-refractivity contribution in [1.82, 2.24) is 0 Å². The molecule has 1 fully saturated rings. The lowest BCUT2D eigenvalue weighted by Crippen LogP contribution is -2.25. The fourth-order valence-corrected chi connectivity index (χ4v) is 1.82. The smallest absolute Gasteiger partial charge is 0.0642 e. The summed E-state index contributed by atoms with van der Waals surface area (Å²) in [7, 11) is 0. The van der Waals surface area contributed by atoms with E-state index in [2.05, 4.69) is 17.4 Å². The van der Waals surface area contributed by atoms with Crippen LogP contribution in [0.5, 0.6) is 0 Å². The van der Waals surface area contributed by atoms with Crippen molar-refractivity contribution in [3.05, 3.63) is 30.3 Å². The zero-order valence-electron chi connectivity index (χ0n) is 9.52. The largest absolute Gasteiger partial charge is 0.383 e. The maximum Gasteiger partial charge on any atom is 0.0642 e. The Bertz CT molecular complexity index is 283. The third-order valence-corrected chi connectivity index (χ3v) is 2.73. The zero-order valence-corrected chi connectivity index (χ0v) is 9.52. The van der Waals surface area contributed by atoms with Crippen LogP contribution in [0.25, 0.3) is 0 Å². The average Bonchev–Trinajstić information content (AvgIpc) is 2.37. The van der Waals surface area contributed by atoms with E-state index in [0.717, 1.165) is 44.9 Å². The van der Waals surface area contributed by atoms with Crippen LogP contribution in [0, 0.1) is 0 Å². The van der Waals surface area contributed by atoms with Crippen LogP contribution in [-0.2, 0) is 9.47 Å². The van der Waals surface area contributed by atoms with Crippen molar-refractivity contribution in [3.8, 4) is 0 Å². The Labute approximate surface area is 96.8 Å². The molecule has 16 heavy (non-hydrogen) atoms. The Kier molecular flexibility index (Phi) is 4.65. The fourth-order valence-electron chi connectivity index (χ4n) is 1.82. The van der Waals surface area contributed by atoms with Gasteiger partial charge in [0.05, 0.1) is 12.7 Å². The summed E-state index contributed by atoms with van der Waals surface area (Å²) in [6, 6.07) is 10.2. The predicted molar refractivity (Wildman–Crippen MR) is 64.7 cm³/mol. The van der Waals surface area contributed by atoms with Gasteiger partial charge in [-0.2, -0.15) is 0 Å². The quantitative estimate of drug-likeness (QED) is 0.774. The number of hydrogen-bond acceptors (Lipinski definition) is 3. The molecule has 1 heterocycles. The van der Waals surface area contributed by atoms with Crippen LogP contribution < -0.4 is 5.32 Å². The summed E-state index contributed by atoms with van der Waals surface area (Å²) >= 11 is 0. The van der Waals surface area contributed by atoms with Gasteiger partial charge in [-0.1, -0.05) is 18.2 Å². The molecule has 0 saturated carbocycles. The summed E-state index contributed by atoms with van der Waals surface area (Å²) in [5.74, 6) is 0. The number of ether oxygens (including phenoxy) is 2. The molecule has 3 heteroatoms. The standard InChI is InChI=1S/C13H19NO2/c1-2-4-12(5-3-1)14-8-11-16-13-6-9-15-10-7-13/h1-5,13-14H,6-11H2. The molecule has 88 valence electrons. The highest BCUT2D eigenvalue weighted by Crippen LogP contribution is 2.10. The van der Waals surface area contributed by atoms with Gasteiger partial charge in [0.25, 0.3) is 0 Å². The molecular formula is C13H19NO2. The molecule has 0 unspecified atom stereocenters. The fraction of sp³-hybridized carbons (Fsp3) is 0.538. The number of nitrogens with one attached hydrogen (secondary N) is 1. The van der Waals surface area contributed by atoms with Gasteiger partial charge in [-0.3, -0.25) is 0 Å². The number of hydrogen-bond donors (Lipinski definition) is 1. The minimum Gasteiger partial charge on any atom is -0.383 e. The second kappa shape index (κ2) is 6.51. The Morgan fingerprint density at radius 1 is 1.19 bits per heavy atom. The van der Waals surface area contributed by atoms with Crippen LogP contribution in [-0.4, -0.2) is 32.5 Å². The molecule has 1 saturated heterocycles. The Morgan fingerprint density at radius 3 is 2.69 bits per heavy atom. The summed E-state index contributed by atoms with van der Waals surface area (Å²) in [5, 5.41) is 3.33. The highest BCUT2D eigenvalue weighted by Gasteiger charge is 2.13. The molecule has 0 amide bonds. The van der Waals surface area contributed by atoms with Gasteiger partial charge >= 0.3 is 0 Å². The summed E-state index contributed by atoms with van der Waals surface area (Å²) in [6.45, 7) is 3.31. The highest BCUT2D eigenvalue weighted by molar-refractivity contribution is 5.42. The van der Waals surface area contributed by atoms with Crippen molar-refractivity contribution in [1.29, 1.82) is 0 Å². The van der Waals surface area contributed by atoms with Gasteiger partial charge in [-0.05, 0) is 25.0 Å². The highest BCUT2D eigenvalue weighted by atomic mass is 16.5. The molecule has 2 rings (SSSR count). The van der Waals surface area contributed by atoms with Gasteiger partial charge in [-0.25, -0.2) is 0 Å². The van der Waals surface area contributed by atoms with Gasteiger partial charge in [-0.15, -0.1) is 0 Å². The van der Waals surface area contributed by atoms with E-state index in [1.807, 2.05) is 18.2 Å². The molecule has 3 nitrogen and oxygen atoms in total. The number of anilines is 1. The van der Waals surface area contributed by atoms with Gasteiger partial charge in [0.2, 0.25) is 0 Å². The maximum atomic E-state index is 5.76. The zero-order chi connectivity index (χ0) is 11.1. The van der Waals surface area contributed by atoms with Crippen LogP contribution in [0.3, 0.4) is 0 Å². The lowest BCUT2D eigenvalue weighted by molar-refractivity contribution is -0.0283. The molecule has 0 atom stereocenters. The molecule has 0 spiro atoms. The van der Waals surface area contributed by atoms with Crippen molar-refractivity contribution in [2.24, 2.45) is 0 Å². The van der Waals surface area contributed by atoms with Crippen LogP contribution in [0.2, 0.25) is 0 Å². The van der Waals surface area contributed by atoms with E-state index in [9.17, 15) is 0 Å².